The van der Waals surface area contributed by atoms with Gasteiger partial charge in [-0.1, -0.05) is 50.2 Å². The van der Waals surface area contributed by atoms with Gasteiger partial charge in [-0.3, -0.25) is 4.79 Å². The molecule has 156 valence electrons. The van der Waals surface area contributed by atoms with Gasteiger partial charge in [-0.25, -0.2) is 0 Å². The Bertz CT molecular complexity index is 1020. The van der Waals surface area contributed by atoms with Crippen molar-refractivity contribution >= 4 is 17.7 Å². The van der Waals surface area contributed by atoms with Gasteiger partial charge >= 0.3 is 0 Å². The van der Waals surface area contributed by atoms with E-state index in [1.807, 2.05) is 35.4 Å². The topological polar surface area (TPSA) is 59.2 Å². The Morgan fingerprint density at radius 1 is 1.10 bits per heavy atom. The van der Waals surface area contributed by atoms with Crippen molar-refractivity contribution in [1.29, 1.82) is 0 Å². The molecule has 1 aromatic heterocycles. The van der Waals surface area contributed by atoms with E-state index in [1.54, 1.807) is 11.8 Å². The number of benzene rings is 2. The monoisotopic (exact) mass is 421 g/mol. The molecule has 1 aliphatic rings. The van der Waals surface area contributed by atoms with Gasteiger partial charge in [0.25, 0.3) is 0 Å². The van der Waals surface area contributed by atoms with Crippen molar-refractivity contribution in [2.75, 3.05) is 6.26 Å². The highest BCUT2D eigenvalue weighted by atomic mass is 32.2. The highest BCUT2D eigenvalue weighted by Gasteiger charge is 2.36. The summed E-state index contributed by atoms with van der Waals surface area (Å²) in [5.41, 5.74) is 3.41. The molecule has 0 saturated carbocycles. The predicted octanol–water partition coefficient (Wildman–Crippen LogP) is 5.62. The summed E-state index contributed by atoms with van der Waals surface area (Å²) in [5, 5.41) is 4.16. The molecule has 1 aliphatic heterocycles. The molecule has 3 aromatic rings. The average Bonchev–Trinajstić information content (AvgIpc) is 3.35. The first kappa shape index (κ1) is 20.7. The van der Waals surface area contributed by atoms with Crippen LogP contribution in [0.1, 0.15) is 56.7 Å². The highest BCUT2D eigenvalue weighted by Crippen LogP contribution is 2.34. The van der Waals surface area contributed by atoms with Gasteiger partial charge in [0, 0.05) is 23.4 Å². The van der Waals surface area contributed by atoms with E-state index in [9.17, 15) is 4.79 Å². The summed E-state index contributed by atoms with van der Waals surface area (Å²) < 4.78 is 5.58. The Balaban J connectivity index is 1.52. The fourth-order valence-corrected chi connectivity index (χ4v) is 4.13. The number of hydrogen-bond donors (Lipinski definition) is 0. The van der Waals surface area contributed by atoms with E-state index in [0.717, 1.165) is 11.1 Å². The molecule has 0 bridgehead atoms. The molecule has 30 heavy (non-hydrogen) atoms. The largest absolute Gasteiger partial charge is 0.337 e. The average molecular weight is 422 g/mol. The predicted molar refractivity (Wildman–Crippen MR) is 119 cm³/mol. The number of hydrogen-bond acceptors (Lipinski definition) is 5. The Morgan fingerprint density at radius 3 is 2.43 bits per heavy atom. The van der Waals surface area contributed by atoms with Crippen molar-refractivity contribution in [1.82, 2.24) is 15.0 Å². The molecule has 2 heterocycles. The second-order valence-corrected chi connectivity index (χ2v) is 9.59. The first-order valence-corrected chi connectivity index (χ1v) is 11.4. The lowest BCUT2D eigenvalue weighted by Gasteiger charge is -2.23. The Kier molecular flexibility index (Phi) is 5.69. The number of amides is 1. The molecular weight excluding hydrogens is 394 g/mol. The zero-order valence-electron chi connectivity index (χ0n) is 17.9. The van der Waals surface area contributed by atoms with Crippen LogP contribution in [0.25, 0.3) is 11.4 Å². The summed E-state index contributed by atoms with van der Waals surface area (Å²) >= 11 is 1.69. The lowest BCUT2D eigenvalue weighted by molar-refractivity contribution is -0.129. The lowest BCUT2D eigenvalue weighted by atomic mass is 9.87. The molecule has 4 rings (SSSR count). The smallest absolute Gasteiger partial charge is 0.249 e. The van der Waals surface area contributed by atoms with Gasteiger partial charge in [-0.05, 0) is 53.5 Å². The highest BCUT2D eigenvalue weighted by molar-refractivity contribution is 7.98. The normalized spacial score (nSPS) is 17.0. The van der Waals surface area contributed by atoms with Gasteiger partial charge in [0.05, 0.1) is 0 Å². The van der Waals surface area contributed by atoms with Crippen molar-refractivity contribution in [2.24, 2.45) is 0 Å². The van der Waals surface area contributed by atoms with Crippen molar-refractivity contribution in [3.05, 3.63) is 65.5 Å². The van der Waals surface area contributed by atoms with Crippen LogP contribution in [0, 0.1) is 0 Å². The summed E-state index contributed by atoms with van der Waals surface area (Å²) in [7, 11) is 0. The van der Waals surface area contributed by atoms with Crippen LogP contribution in [0.2, 0.25) is 0 Å². The van der Waals surface area contributed by atoms with Crippen LogP contribution in [-0.2, 0) is 16.8 Å². The molecule has 1 unspecified atom stereocenters. The van der Waals surface area contributed by atoms with E-state index in [1.165, 1.54) is 10.5 Å². The van der Waals surface area contributed by atoms with Crippen molar-refractivity contribution < 1.29 is 9.32 Å². The minimum atomic E-state index is -0.175. The van der Waals surface area contributed by atoms with Crippen LogP contribution in [0.15, 0.2) is 57.9 Å². The Morgan fingerprint density at radius 2 is 1.80 bits per heavy atom. The molecule has 0 aliphatic carbocycles. The standard InChI is InChI=1S/C24H27N3O2S/c1-24(2,3)18-9-5-16(6-10-18)15-27-20(13-14-21(27)28)23-25-22(26-29-23)17-7-11-19(30-4)12-8-17/h5-12,20H,13-15H2,1-4H3. The van der Waals surface area contributed by atoms with Crippen LogP contribution in [0.5, 0.6) is 0 Å². The number of carbonyl (C=O) groups excluding carboxylic acids is 1. The third-order valence-electron chi connectivity index (χ3n) is 5.58. The molecule has 2 aromatic carbocycles. The second kappa shape index (κ2) is 8.26. The number of carbonyl (C=O) groups is 1. The van der Waals surface area contributed by atoms with Crippen molar-refractivity contribution in [2.45, 2.75) is 56.5 Å². The molecule has 1 saturated heterocycles. The van der Waals surface area contributed by atoms with Gasteiger partial charge < -0.3 is 9.42 Å². The third-order valence-corrected chi connectivity index (χ3v) is 6.32. The summed E-state index contributed by atoms with van der Waals surface area (Å²) in [5.74, 6) is 1.20. The number of nitrogens with zero attached hydrogens (tertiary/aromatic N) is 3. The zero-order valence-corrected chi connectivity index (χ0v) is 18.7. The van der Waals surface area contributed by atoms with Crippen molar-refractivity contribution in [3.8, 4) is 11.4 Å². The van der Waals surface area contributed by atoms with Gasteiger partial charge in [0.15, 0.2) is 0 Å². The van der Waals surface area contributed by atoms with Crippen LogP contribution in [-0.4, -0.2) is 27.2 Å². The summed E-state index contributed by atoms with van der Waals surface area (Å²) in [6.45, 7) is 7.14. The maximum atomic E-state index is 12.6. The van der Waals surface area contributed by atoms with E-state index >= 15 is 0 Å². The molecule has 0 spiro atoms. The van der Waals surface area contributed by atoms with E-state index in [-0.39, 0.29) is 17.4 Å². The number of thioether (sulfide) groups is 1. The molecular formula is C24H27N3O2S. The summed E-state index contributed by atoms with van der Waals surface area (Å²) in [4.78, 5) is 20.2. The molecule has 6 heteroatoms. The molecule has 1 amide bonds. The van der Waals surface area contributed by atoms with E-state index in [0.29, 0.717) is 31.1 Å². The van der Waals surface area contributed by atoms with Crippen LogP contribution in [0.3, 0.4) is 0 Å². The molecule has 1 fully saturated rings. The fraction of sp³-hybridized carbons (Fsp3) is 0.375. The lowest BCUT2D eigenvalue weighted by Crippen LogP contribution is -2.27. The minimum absolute atomic E-state index is 0.110. The molecule has 1 atom stereocenters. The van der Waals surface area contributed by atoms with E-state index in [2.05, 4.69) is 55.2 Å². The van der Waals surface area contributed by atoms with Crippen LogP contribution in [0.4, 0.5) is 0 Å². The Hall–Kier alpha value is -2.60. The maximum Gasteiger partial charge on any atom is 0.249 e. The molecule has 0 N–H and O–H groups in total. The van der Waals surface area contributed by atoms with Gasteiger partial charge in [0.2, 0.25) is 17.6 Å². The van der Waals surface area contributed by atoms with Crippen molar-refractivity contribution in [3.63, 3.8) is 0 Å². The van der Waals surface area contributed by atoms with Crippen LogP contribution >= 0.6 is 11.8 Å². The van der Waals surface area contributed by atoms with Gasteiger partial charge in [-0.2, -0.15) is 4.98 Å². The second-order valence-electron chi connectivity index (χ2n) is 8.71. The van der Waals surface area contributed by atoms with E-state index in [4.69, 9.17) is 4.52 Å². The SMILES string of the molecule is CSc1ccc(-c2noc(C3CCC(=O)N3Cc3ccc(C(C)(C)C)cc3)n2)cc1. The van der Waals surface area contributed by atoms with Gasteiger partial charge in [-0.15, -0.1) is 11.8 Å². The number of likely N-dealkylation sites (tertiary alicyclic amines) is 1. The Labute approximate surface area is 181 Å². The third kappa shape index (κ3) is 4.29. The first-order chi connectivity index (χ1) is 14.3. The van der Waals surface area contributed by atoms with Gasteiger partial charge in [0.1, 0.15) is 6.04 Å². The first-order valence-electron chi connectivity index (χ1n) is 10.2. The summed E-state index contributed by atoms with van der Waals surface area (Å²) in [6, 6.07) is 16.4. The fourth-order valence-electron chi connectivity index (χ4n) is 3.72. The molecule has 5 nitrogen and oxygen atoms in total. The summed E-state index contributed by atoms with van der Waals surface area (Å²) in [6.07, 6.45) is 3.25. The molecule has 0 radical (unpaired) electrons. The zero-order chi connectivity index (χ0) is 21.3. The quantitative estimate of drug-likeness (QED) is 0.501. The number of aromatic nitrogens is 2. The van der Waals surface area contributed by atoms with Crippen LogP contribution < -0.4 is 0 Å². The maximum absolute atomic E-state index is 12.6. The minimum Gasteiger partial charge on any atom is -0.337 e. The van der Waals surface area contributed by atoms with E-state index < -0.39 is 0 Å². The number of rotatable bonds is 5.